The van der Waals surface area contributed by atoms with E-state index in [0.29, 0.717) is 5.69 Å². The number of piperazine rings is 1. The van der Waals surface area contributed by atoms with E-state index in [1.807, 2.05) is 24.3 Å². The molecular weight excluding hydrogens is 469 g/mol. The van der Waals surface area contributed by atoms with Gasteiger partial charge in [0, 0.05) is 31.9 Å². The zero-order valence-electron chi connectivity index (χ0n) is 19.4. The van der Waals surface area contributed by atoms with Gasteiger partial charge in [0.25, 0.3) is 0 Å². The molecule has 1 atom stereocenters. The van der Waals surface area contributed by atoms with Crippen LogP contribution in [-0.4, -0.2) is 51.5 Å². The average Bonchev–Trinajstić information content (AvgIpc) is 2.88. The number of benzene rings is 2. The minimum Gasteiger partial charge on any atom is -0.368 e. The summed E-state index contributed by atoms with van der Waals surface area (Å²) in [5, 5.41) is 2.72. The number of rotatable bonds is 8. The number of hydrogen-bond donors (Lipinski definition) is 2. The molecule has 0 aliphatic carbocycles. The van der Waals surface area contributed by atoms with Crippen molar-refractivity contribution in [2.75, 3.05) is 41.3 Å². The maximum absolute atomic E-state index is 13.1. The molecule has 1 aromatic heterocycles. The van der Waals surface area contributed by atoms with Crippen molar-refractivity contribution in [2.24, 2.45) is 0 Å². The van der Waals surface area contributed by atoms with Crippen LogP contribution in [0.25, 0.3) is 0 Å². The number of hydrogen-bond acceptors (Lipinski definition) is 6. The first-order chi connectivity index (χ1) is 16.9. The second kappa shape index (κ2) is 10.8. The Labute approximate surface area is 204 Å². The van der Waals surface area contributed by atoms with Crippen molar-refractivity contribution in [1.82, 2.24) is 9.71 Å². The first-order valence-electron chi connectivity index (χ1n) is 11.5. The van der Waals surface area contributed by atoms with E-state index in [-0.39, 0.29) is 11.3 Å². The summed E-state index contributed by atoms with van der Waals surface area (Å²) in [5.41, 5.74) is 1.68. The standard InChI is InChI=1S/C25H28FN5O3S/c1-2-23(29-35(33,34)22-11-8-19(26)9-12-22)25(32)28-20-10-13-24(27-18-20)31-16-14-30(15-17-31)21-6-4-3-5-7-21/h3-13,18,23,29H,2,14-17H2,1H3,(H,28,32). The lowest BCUT2D eigenvalue weighted by Gasteiger charge is -2.36. The van der Waals surface area contributed by atoms with Crippen molar-refractivity contribution in [3.8, 4) is 0 Å². The maximum Gasteiger partial charge on any atom is 0.242 e. The fourth-order valence-electron chi connectivity index (χ4n) is 3.90. The molecule has 0 saturated carbocycles. The Hall–Kier alpha value is -3.50. The van der Waals surface area contributed by atoms with Crippen LogP contribution in [0, 0.1) is 5.82 Å². The van der Waals surface area contributed by atoms with Gasteiger partial charge in [-0.25, -0.2) is 17.8 Å². The van der Waals surface area contributed by atoms with Gasteiger partial charge in [-0.2, -0.15) is 4.72 Å². The molecule has 1 amide bonds. The summed E-state index contributed by atoms with van der Waals surface area (Å²) in [6, 6.07) is 17.3. The highest BCUT2D eigenvalue weighted by Gasteiger charge is 2.25. The molecule has 0 bridgehead atoms. The number of sulfonamides is 1. The Morgan fingerprint density at radius 3 is 2.23 bits per heavy atom. The molecule has 1 aliphatic heterocycles. The van der Waals surface area contributed by atoms with E-state index >= 15 is 0 Å². The van der Waals surface area contributed by atoms with Crippen molar-refractivity contribution < 1.29 is 17.6 Å². The van der Waals surface area contributed by atoms with Gasteiger partial charge in [-0.3, -0.25) is 4.79 Å². The molecule has 0 radical (unpaired) electrons. The van der Waals surface area contributed by atoms with Crippen LogP contribution in [0.5, 0.6) is 0 Å². The molecule has 8 nitrogen and oxygen atoms in total. The number of carbonyl (C=O) groups is 1. The van der Waals surface area contributed by atoms with Crippen LogP contribution in [0.15, 0.2) is 77.8 Å². The van der Waals surface area contributed by atoms with Gasteiger partial charge in [-0.05, 0) is 55.0 Å². The molecule has 2 aromatic carbocycles. The summed E-state index contributed by atoms with van der Waals surface area (Å²) >= 11 is 0. The van der Waals surface area contributed by atoms with Crippen molar-refractivity contribution >= 4 is 33.1 Å². The summed E-state index contributed by atoms with van der Waals surface area (Å²) in [4.78, 5) is 21.6. The molecule has 35 heavy (non-hydrogen) atoms. The number of halogens is 1. The third-order valence-electron chi connectivity index (χ3n) is 5.89. The topological polar surface area (TPSA) is 94.6 Å². The lowest BCUT2D eigenvalue weighted by atomic mass is 10.2. The van der Waals surface area contributed by atoms with Gasteiger partial charge < -0.3 is 15.1 Å². The van der Waals surface area contributed by atoms with Crippen LogP contribution in [0.2, 0.25) is 0 Å². The molecule has 10 heteroatoms. The summed E-state index contributed by atoms with van der Waals surface area (Å²) in [5.74, 6) is -0.216. The molecular formula is C25H28FN5O3S. The van der Waals surface area contributed by atoms with E-state index in [1.54, 1.807) is 19.2 Å². The summed E-state index contributed by atoms with van der Waals surface area (Å²) < 4.78 is 40.6. The molecule has 0 spiro atoms. The number of nitrogens with zero attached hydrogens (tertiary/aromatic N) is 3. The third kappa shape index (κ3) is 6.14. The number of nitrogens with one attached hydrogen (secondary N) is 2. The first-order valence-corrected chi connectivity index (χ1v) is 12.9. The van der Waals surface area contributed by atoms with Crippen LogP contribution >= 0.6 is 0 Å². The van der Waals surface area contributed by atoms with Gasteiger partial charge in [-0.15, -0.1) is 0 Å². The van der Waals surface area contributed by atoms with E-state index in [2.05, 4.69) is 37.0 Å². The SMILES string of the molecule is CCC(NS(=O)(=O)c1ccc(F)cc1)C(=O)Nc1ccc(N2CCN(c3ccccc3)CC2)nc1. The monoisotopic (exact) mass is 497 g/mol. The van der Waals surface area contributed by atoms with Gasteiger partial charge in [0.1, 0.15) is 17.7 Å². The normalized spacial score (nSPS) is 15.0. The Balaban J connectivity index is 1.33. The zero-order chi connectivity index (χ0) is 24.8. The Bertz CT molecular complexity index is 1230. The zero-order valence-corrected chi connectivity index (χ0v) is 20.2. The largest absolute Gasteiger partial charge is 0.368 e. The molecule has 2 N–H and O–H groups in total. The first kappa shape index (κ1) is 24.6. The van der Waals surface area contributed by atoms with Gasteiger partial charge >= 0.3 is 0 Å². The highest BCUT2D eigenvalue weighted by molar-refractivity contribution is 7.89. The molecule has 4 rings (SSSR count). The smallest absolute Gasteiger partial charge is 0.242 e. The van der Waals surface area contributed by atoms with E-state index in [4.69, 9.17) is 0 Å². The molecule has 2 heterocycles. The predicted octanol–water partition coefficient (Wildman–Crippen LogP) is 3.24. The van der Waals surface area contributed by atoms with Crippen molar-refractivity contribution in [3.05, 3.63) is 78.7 Å². The Kier molecular flexibility index (Phi) is 7.62. The van der Waals surface area contributed by atoms with E-state index in [0.717, 1.165) is 56.3 Å². The third-order valence-corrected chi connectivity index (χ3v) is 7.37. The fourth-order valence-corrected chi connectivity index (χ4v) is 5.18. The highest BCUT2D eigenvalue weighted by atomic mass is 32.2. The molecule has 1 unspecified atom stereocenters. The van der Waals surface area contributed by atoms with Crippen LogP contribution in [0.1, 0.15) is 13.3 Å². The van der Waals surface area contributed by atoms with E-state index in [9.17, 15) is 17.6 Å². The minimum atomic E-state index is -3.98. The summed E-state index contributed by atoms with van der Waals surface area (Å²) in [7, 11) is -3.98. The summed E-state index contributed by atoms with van der Waals surface area (Å²) in [6.45, 7) is 5.13. The Morgan fingerprint density at radius 1 is 0.971 bits per heavy atom. The number of amides is 1. The molecule has 1 saturated heterocycles. The molecule has 1 fully saturated rings. The maximum atomic E-state index is 13.1. The number of para-hydroxylation sites is 1. The summed E-state index contributed by atoms with van der Waals surface area (Å²) in [6.07, 6.45) is 1.81. The number of anilines is 3. The molecule has 3 aromatic rings. The second-order valence-electron chi connectivity index (χ2n) is 8.24. The lowest BCUT2D eigenvalue weighted by molar-refractivity contribution is -0.117. The van der Waals surface area contributed by atoms with Gasteiger partial charge in [-0.1, -0.05) is 25.1 Å². The van der Waals surface area contributed by atoms with Crippen molar-refractivity contribution in [1.29, 1.82) is 0 Å². The average molecular weight is 498 g/mol. The Morgan fingerprint density at radius 2 is 1.63 bits per heavy atom. The lowest BCUT2D eigenvalue weighted by Crippen LogP contribution is -2.46. The van der Waals surface area contributed by atoms with Gasteiger partial charge in [0.2, 0.25) is 15.9 Å². The predicted molar refractivity (Wildman–Crippen MR) is 135 cm³/mol. The van der Waals surface area contributed by atoms with E-state index < -0.39 is 27.8 Å². The van der Waals surface area contributed by atoms with Crippen LogP contribution in [0.3, 0.4) is 0 Å². The number of carbonyl (C=O) groups excluding carboxylic acids is 1. The quantitative estimate of drug-likeness (QED) is 0.496. The van der Waals surface area contributed by atoms with Crippen LogP contribution in [-0.2, 0) is 14.8 Å². The van der Waals surface area contributed by atoms with Crippen molar-refractivity contribution in [3.63, 3.8) is 0 Å². The van der Waals surface area contributed by atoms with Gasteiger partial charge in [0.05, 0.1) is 16.8 Å². The van der Waals surface area contributed by atoms with Crippen molar-refractivity contribution in [2.45, 2.75) is 24.3 Å². The minimum absolute atomic E-state index is 0.108. The van der Waals surface area contributed by atoms with E-state index in [1.165, 1.54) is 5.69 Å². The number of pyridine rings is 1. The highest BCUT2D eigenvalue weighted by Crippen LogP contribution is 2.20. The van der Waals surface area contributed by atoms with Crippen LogP contribution < -0.4 is 19.8 Å². The van der Waals surface area contributed by atoms with Crippen LogP contribution in [0.4, 0.5) is 21.6 Å². The molecule has 184 valence electrons. The molecule has 1 aliphatic rings. The van der Waals surface area contributed by atoms with Gasteiger partial charge in [0.15, 0.2) is 0 Å². The fraction of sp³-hybridized carbons (Fsp3) is 0.280. The number of aromatic nitrogens is 1. The second-order valence-corrected chi connectivity index (χ2v) is 9.95.